The summed E-state index contributed by atoms with van der Waals surface area (Å²) in [6.45, 7) is 5.12. The highest BCUT2D eigenvalue weighted by molar-refractivity contribution is 6.68. The van der Waals surface area contributed by atoms with Gasteiger partial charge < -0.3 is 9.47 Å². The van der Waals surface area contributed by atoms with Crippen LogP contribution in [0.1, 0.15) is 31.1 Å². The Labute approximate surface area is 111 Å². The summed E-state index contributed by atoms with van der Waals surface area (Å²) in [4.78, 5) is 22.9. The van der Waals surface area contributed by atoms with Crippen LogP contribution in [0.5, 0.6) is 5.75 Å². The van der Waals surface area contributed by atoms with Gasteiger partial charge in [-0.2, -0.15) is 0 Å². The zero-order valence-electron chi connectivity index (χ0n) is 10.5. The Morgan fingerprint density at radius 1 is 1.28 bits per heavy atom. The lowest BCUT2D eigenvalue weighted by atomic mass is 10.1. The maximum Gasteiger partial charge on any atom is 0.349 e. The summed E-state index contributed by atoms with van der Waals surface area (Å²) in [6, 6.07) is 6.47. The number of hydrogen-bond acceptors (Lipinski definition) is 4. The molecule has 0 saturated heterocycles. The van der Waals surface area contributed by atoms with Crippen molar-refractivity contribution < 1.29 is 19.1 Å². The predicted octanol–water partition coefficient (Wildman–Crippen LogP) is 2.79. The van der Waals surface area contributed by atoms with E-state index in [1.54, 1.807) is 39.0 Å². The molecule has 0 heterocycles. The first kappa shape index (κ1) is 14.5. The minimum absolute atomic E-state index is 0.219. The second-order valence-electron chi connectivity index (χ2n) is 4.10. The van der Waals surface area contributed by atoms with E-state index in [0.717, 1.165) is 0 Å². The van der Waals surface area contributed by atoms with Crippen molar-refractivity contribution in [3.8, 4) is 5.75 Å². The predicted molar refractivity (Wildman–Crippen MR) is 68.0 cm³/mol. The smallest absolute Gasteiger partial charge is 0.349 e. The van der Waals surface area contributed by atoms with E-state index in [1.165, 1.54) is 6.07 Å². The molecule has 0 aliphatic carbocycles. The van der Waals surface area contributed by atoms with Gasteiger partial charge in [0.1, 0.15) is 5.75 Å². The van der Waals surface area contributed by atoms with Gasteiger partial charge in [0, 0.05) is 0 Å². The standard InChI is InChI=1S/C13H15ClO4/c1-4-17-12(16)13(2,3)18-10-8-6-5-7-9(10)11(14)15/h5-8H,4H2,1-3H3. The Morgan fingerprint density at radius 3 is 2.44 bits per heavy atom. The number of carbonyl (C=O) groups excluding carboxylic acids is 2. The van der Waals surface area contributed by atoms with Crippen molar-refractivity contribution in [1.82, 2.24) is 0 Å². The van der Waals surface area contributed by atoms with Crippen LogP contribution in [0, 0.1) is 0 Å². The summed E-state index contributed by atoms with van der Waals surface area (Å²) < 4.78 is 10.4. The number of rotatable bonds is 5. The molecule has 0 spiro atoms. The van der Waals surface area contributed by atoms with Gasteiger partial charge in [0.2, 0.25) is 0 Å². The Hall–Kier alpha value is -1.55. The SMILES string of the molecule is CCOC(=O)C(C)(C)Oc1ccccc1C(=O)Cl. The molecule has 0 atom stereocenters. The van der Waals surface area contributed by atoms with Gasteiger partial charge in [-0.3, -0.25) is 4.79 Å². The molecular formula is C13H15ClO4. The molecule has 1 rings (SSSR count). The second-order valence-corrected chi connectivity index (χ2v) is 4.45. The van der Waals surface area contributed by atoms with E-state index in [9.17, 15) is 9.59 Å². The molecule has 18 heavy (non-hydrogen) atoms. The van der Waals surface area contributed by atoms with Crippen molar-refractivity contribution in [3.63, 3.8) is 0 Å². The molecule has 0 N–H and O–H groups in total. The first-order chi connectivity index (χ1) is 8.38. The van der Waals surface area contributed by atoms with Crippen molar-refractivity contribution in [2.24, 2.45) is 0 Å². The van der Waals surface area contributed by atoms with Gasteiger partial charge in [-0.05, 0) is 44.5 Å². The molecule has 0 amide bonds. The van der Waals surface area contributed by atoms with Gasteiger partial charge >= 0.3 is 5.97 Å². The lowest BCUT2D eigenvalue weighted by molar-refractivity contribution is -0.158. The molecule has 1 aromatic rings. The minimum atomic E-state index is -1.18. The normalized spacial score (nSPS) is 10.9. The molecular weight excluding hydrogens is 256 g/mol. The van der Waals surface area contributed by atoms with Gasteiger partial charge in [0.15, 0.2) is 5.60 Å². The van der Waals surface area contributed by atoms with Gasteiger partial charge in [-0.15, -0.1) is 0 Å². The van der Waals surface area contributed by atoms with E-state index < -0.39 is 16.8 Å². The molecule has 1 aromatic carbocycles. The van der Waals surface area contributed by atoms with Crippen LogP contribution in [0.25, 0.3) is 0 Å². The summed E-state index contributed by atoms with van der Waals surface area (Å²) in [5.74, 6) is -0.239. The average Bonchev–Trinajstić information content (AvgIpc) is 2.29. The Balaban J connectivity index is 2.97. The highest BCUT2D eigenvalue weighted by atomic mass is 35.5. The van der Waals surface area contributed by atoms with Crippen molar-refractivity contribution in [3.05, 3.63) is 29.8 Å². The maximum atomic E-state index is 11.7. The van der Waals surface area contributed by atoms with E-state index in [2.05, 4.69) is 0 Å². The summed E-state index contributed by atoms with van der Waals surface area (Å²) in [6.07, 6.45) is 0. The molecule has 4 nitrogen and oxygen atoms in total. The third kappa shape index (κ3) is 3.47. The summed E-state index contributed by atoms with van der Waals surface area (Å²) >= 11 is 5.44. The van der Waals surface area contributed by atoms with Crippen LogP contribution in [0.4, 0.5) is 0 Å². The first-order valence-corrected chi connectivity index (χ1v) is 5.91. The van der Waals surface area contributed by atoms with E-state index in [-0.39, 0.29) is 17.9 Å². The Kier molecular flexibility index (Phi) is 4.73. The molecule has 98 valence electrons. The minimum Gasteiger partial charge on any atom is -0.475 e. The number of carbonyl (C=O) groups is 2. The summed E-state index contributed by atoms with van der Waals surface area (Å²) in [5, 5.41) is -0.634. The quantitative estimate of drug-likeness (QED) is 0.610. The number of ether oxygens (including phenoxy) is 2. The van der Waals surface area contributed by atoms with Crippen LogP contribution in [0.3, 0.4) is 0 Å². The van der Waals surface area contributed by atoms with Crippen LogP contribution < -0.4 is 4.74 Å². The van der Waals surface area contributed by atoms with E-state index in [4.69, 9.17) is 21.1 Å². The number of hydrogen-bond donors (Lipinski definition) is 0. The van der Waals surface area contributed by atoms with E-state index in [0.29, 0.717) is 0 Å². The fraction of sp³-hybridized carbons (Fsp3) is 0.385. The maximum absolute atomic E-state index is 11.7. The number of benzene rings is 1. The monoisotopic (exact) mass is 270 g/mol. The lowest BCUT2D eigenvalue weighted by Crippen LogP contribution is -2.40. The van der Waals surface area contributed by atoms with Gasteiger partial charge in [-0.1, -0.05) is 12.1 Å². The Bertz CT molecular complexity index is 454. The zero-order valence-corrected chi connectivity index (χ0v) is 11.3. The average molecular weight is 271 g/mol. The van der Waals surface area contributed by atoms with Crippen LogP contribution in [0.2, 0.25) is 0 Å². The Morgan fingerprint density at radius 2 is 1.89 bits per heavy atom. The number of para-hydroxylation sites is 1. The largest absolute Gasteiger partial charge is 0.475 e. The summed E-state index contributed by atoms with van der Waals surface area (Å²) in [7, 11) is 0. The molecule has 5 heteroatoms. The molecule has 0 unspecified atom stereocenters. The lowest BCUT2D eigenvalue weighted by Gasteiger charge is -2.24. The number of esters is 1. The fourth-order valence-electron chi connectivity index (χ4n) is 1.34. The van der Waals surface area contributed by atoms with E-state index >= 15 is 0 Å². The third-order valence-electron chi connectivity index (χ3n) is 2.23. The fourth-order valence-corrected chi connectivity index (χ4v) is 1.50. The third-order valence-corrected chi connectivity index (χ3v) is 2.43. The highest BCUT2D eigenvalue weighted by Gasteiger charge is 2.32. The van der Waals surface area contributed by atoms with Gasteiger partial charge in [0.25, 0.3) is 5.24 Å². The van der Waals surface area contributed by atoms with Crippen LogP contribution in [-0.2, 0) is 9.53 Å². The molecule has 0 fully saturated rings. The van der Waals surface area contributed by atoms with Crippen molar-refractivity contribution >= 4 is 22.8 Å². The summed E-state index contributed by atoms with van der Waals surface area (Å²) in [5.41, 5.74) is -0.963. The molecule has 0 aliphatic heterocycles. The topological polar surface area (TPSA) is 52.6 Å². The van der Waals surface area contributed by atoms with Gasteiger partial charge in [-0.25, -0.2) is 4.79 Å². The first-order valence-electron chi connectivity index (χ1n) is 5.53. The van der Waals surface area contributed by atoms with Crippen molar-refractivity contribution in [1.29, 1.82) is 0 Å². The van der Waals surface area contributed by atoms with Gasteiger partial charge in [0.05, 0.1) is 12.2 Å². The second kappa shape index (κ2) is 5.87. The molecule has 0 radical (unpaired) electrons. The highest BCUT2D eigenvalue weighted by Crippen LogP contribution is 2.25. The molecule has 0 saturated carbocycles. The zero-order chi connectivity index (χ0) is 13.8. The van der Waals surface area contributed by atoms with Crippen LogP contribution in [-0.4, -0.2) is 23.4 Å². The van der Waals surface area contributed by atoms with E-state index in [1.807, 2.05) is 0 Å². The van der Waals surface area contributed by atoms with Crippen molar-refractivity contribution in [2.75, 3.05) is 6.61 Å². The van der Waals surface area contributed by atoms with Crippen LogP contribution in [0.15, 0.2) is 24.3 Å². The van der Waals surface area contributed by atoms with Crippen molar-refractivity contribution in [2.45, 2.75) is 26.4 Å². The molecule has 0 aliphatic rings. The number of halogens is 1. The van der Waals surface area contributed by atoms with Crippen LogP contribution >= 0.6 is 11.6 Å². The molecule has 0 bridgehead atoms. The molecule has 0 aromatic heterocycles.